The van der Waals surface area contributed by atoms with Gasteiger partial charge in [-0.3, -0.25) is 4.79 Å². The Hall–Kier alpha value is -2.27. The van der Waals surface area contributed by atoms with Gasteiger partial charge >= 0.3 is 0 Å². The van der Waals surface area contributed by atoms with Gasteiger partial charge in [0.05, 0.1) is 0 Å². The number of amides is 1. The molecule has 0 aromatic heterocycles. The highest BCUT2D eigenvalue weighted by Gasteiger charge is 2.12. The van der Waals surface area contributed by atoms with E-state index in [9.17, 15) is 13.6 Å². The Balaban J connectivity index is 1.88. The van der Waals surface area contributed by atoms with Gasteiger partial charge in [0.25, 0.3) is 0 Å². The third kappa shape index (κ3) is 7.47. The van der Waals surface area contributed by atoms with E-state index < -0.39 is 11.6 Å². The molecule has 0 saturated carbocycles. The molecule has 2 aromatic rings. The average Bonchev–Trinajstić information content (AvgIpc) is 2.57. The summed E-state index contributed by atoms with van der Waals surface area (Å²) >= 11 is 0. The quantitative estimate of drug-likeness (QED) is 0.642. The number of nitrogens with one attached hydrogen (secondary N) is 2. The fraction of sp³-hybridized carbons (Fsp3) is 0.409. The number of hydrogen-bond donors (Lipinski definition) is 2. The summed E-state index contributed by atoms with van der Waals surface area (Å²) in [6.45, 7) is 7.21. The van der Waals surface area contributed by atoms with Gasteiger partial charge in [-0.1, -0.05) is 38.1 Å². The second kappa shape index (κ2) is 10.2. The van der Waals surface area contributed by atoms with Gasteiger partial charge in [-0.05, 0) is 54.1 Å². The van der Waals surface area contributed by atoms with Crippen molar-refractivity contribution < 1.29 is 13.6 Å². The molecule has 146 valence electrons. The Labute approximate surface area is 160 Å². The first kappa shape index (κ1) is 21.0. The molecule has 2 N–H and O–H groups in total. The molecular formula is C22H28F2N2O. The minimum absolute atomic E-state index is 0.151. The lowest BCUT2D eigenvalue weighted by Gasteiger charge is -2.18. The van der Waals surface area contributed by atoms with Gasteiger partial charge in [-0.2, -0.15) is 0 Å². The van der Waals surface area contributed by atoms with Crippen LogP contribution >= 0.6 is 0 Å². The van der Waals surface area contributed by atoms with Crippen LogP contribution in [0, 0.1) is 11.6 Å². The summed E-state index contributed by atoms with van der Waals surface area (Å²) in [6.07, 6.45) is 1.06. The molecule has 0 saturated heterocycles. The summed E-state index contributed by atoms with van der Waals surface area (Å²) < 4.78 is 26.8. The van der Waals surface area contributed by atoms with E-state index in [2.05, 4.69) is 48.7 Å². The van der Waals surface area contributed by atoms with Crippen LogP contribution in [0.5, 0.6) is 0 Å². The van der Waals surface area contributed by atoms with Gasteiger partial charge in [0.1, 0.15) is 11.6 Å². The van der Waals surface area contributed by atoms with Crippen molar-refractivity contribution in [3.05, 3.63) is 70.8 Å². The number of halogens is 2. The van der Waals surface area contributed by atoms with Crippen molar-refractivity contribution in [3.8, 4) is 0 Å². The van der Waals surface area contributed by atoms with Gasteiger partial charge < -0.3 is 10.6 Å². The zero-order chi connectivity index (χ0) is 19.8. The van der Waals surface area contributed by atoms with Gasteiger partial charge in [-0.15, -0.1) is 0 Å². The SMILES string of the molecule is CC(=O)N[C@H](CCNCc1cccc(C(C)C)c1)Cc1cc(F)cc(F)c1. The third-order valence-electron chi connectivity index (χ3n) is 4.43. The highest BCUT2D eigenvalue weighted by Crippen LogP contribution is 2.15. The van der Waals surface area contributed by atoms with Crippen molar-refractivity contribution in [2.45, 2.75) is 52.1 Å². The van der Waals surface area contributed by atoms with Crippen LogP contribution in [0.4, 0.5) is 8.78 Å². The molecule has 2 aromatic carbocycles. The largest absolute Gasteiger partial charge is 0.353 e. The van der Waals surface area contributed by atoms with Crippen molar-refractivity contribution in [3.63, 3.8) is 0 Å². The molecule has 3 nitrogen and oxygen atoms in total. The second-order valence-electron chi connectivity index (χ2n) is 7.24. The highest BCUT2D eigenvalue weighted by atomic mass is 19.1. The molecule has 0 spiro atoms. The van der Waals surface area contributed by atoms with Crippen molar-refractivity contribution in [2.75, 3.05) is 6.54 Å². The molecule has 0 radical (unpaired) electrons. The molecule has 27 heavy (non-hydrogen) atoms. The lowest BCUT2D eigenvalue weighted by Crippen LogP contribution is -2.37. The smallest absolute Gasteiger partial charge is 0.217 e. The van der Waals surface area contributed by atoms with Crippen molar-refractivity contribution in [1.29, 1.82) is 0 Å². The number of carbonyl (C=O) groups excluding carboxylic acids is 1. The zero-order valence-electron chi connectivity index (χ0n) is 16.2. The average molecular weight is 374 g/mol. The first-order valence-corrected chi connectivity index (χ1v) is 9.35. The van der Waals surface area contributed by atoms with Crippen LogP contribution in [-0.2, 0) is 17.8 Å². The Bertz CT molecular complexity index is 741. The maximum absolute atomic E-state index is 13.4. The molecule has 0 bridgehead atoms. The van der Waals surface area contributed by atoms with Crippen LogP contribution in [0.1, 0.15) is 49.8 Å². The fourth-order valence-electron chi connectivity index (χ4n) is 3.10. The Morgan fingerprint density at radius 1 is 1.04 bits per heavy atom. The maximum Gasteiger partial charge on any atom is 0.217 e. The first-order chi connectivity index (χ1) is 12.8. The van der Waals surface area contributed by atoms with E-state index in [-0.39, 0.29) is 11.9 Å². The number of carbonyl (C=O) groups is 1. The summed E-state index contributed by atoms with van der Waals surface area (Å²) in [5.41, 5.74) is 3.05. The van der Waals surface area contributed by atoms with Crippen LogP contribution in [0.2, 0.25) is 0 Å². The molecule has 0 aliphatic heterocycles. The van der Waals surface area contributed by atoms with Crippen LogP contribution < -0.4 is 10.6 Å². The van der Waals surface area contributed by atoms with Crippen LogP contribution in [-0.4, -0.2) is 18.5 Å². The number of rotatable bonds is 9. The van der Waals surface area contributed by atoms with E-state index in [1.165, 1.54) is 30.2 Å². The summed E-state index contributed by atoms with van der Waals surface area (Å²) in [5.74, 6) is -0.869. The van der Waals surface area contributed by atoms with Gasteiger partial charge in [0.2, 0.25) is 5.91 Å². The summed E-state index contributed by atoms with van der Waals surface area (Å²) in [6, 6.07) is 11.7. The molecule has 0 aliphatic carbocycles. The highest BCUT2D eigenvalue weighted by molar-refractivity contribution is 5.73. The predicted molar refractivity (Wildman–Crippen MR) is 105 cm³/mol. The Morgan fingerprint density at radius 3 is 2.37 bits per heavy atom. The normalized spacial score (nSPS) is 12.2. The number of benzene rings is 2. The van der Waals surface area contributed by atoms with Crippen molar-refractivity contribution >= 4 is 5.91 Å². The van der Waals surface area contributed by atoms with E-state index in [1.54, 1.807) is 0 Å². The first-order valence-electron chi connectivity index (χ1n) is 9.35. The lowest BCUT2D eigenvalue weighted by molar-refractivity contribution is -0.119. The third-order valence-corrected chi connectivity index (χ3v) is 4.43. The monoisotopic (exact) mass is 374 g/mol. The lowest BCUT2D eigenvalue weighted by atomic mass is 10.0. The van der Waals surface area contributed by atoms with Crippen LogP contribution in [0.15, 0.2) is 42.5 Å². The molecule has 0 fully saturated rings. The summed E-state index contributed by atoms with van der Waals surface area (Å²) in [7, 11) is 0. The molecule has 1 atom stereocenters. The molecular weight excluding hydrogens is 346 g/mol. The second-order valence-corrected chi connectivity index (χ2v) is 7.24. The van der Waals surface area contributed by atoms with Crippen molar-refractivity contribution in [2.24, 2.45) is 0 Å². The van der Waals surface area contributed by atoms with Crippen LogP contribution in [0.3, 0.4) is 0 Å². The van der Waals surface area contributed by atoms with E-state index >= 15 is 0 Å². The van der Waals surface area contributed by atoms with E-state index in [1.807, 2.05) is 0 Å². The molecule has 0 unspecified atom stereocenters. The molecule has 0 heterocycles. The summed E-state index contributed by atoms with van der Waals surface area (Å²) in [4.78, 5) is 11.5. The summed E-state index contributed by atoms with van der Waals surface area (Å²) in [5, 5.41) is 6.25. The van der Waals surface area contributed by atoms with E-state index in [0.717, 1.165) is 12.6 Å². The Kier molecular flexibility index (Phi) is 7.92. The van der Waals surface area contributed by atoms with Gasteiger partial charge in [-0.25, -0.2) is 8.78 Å². The predicted octanol–water partition coefficient (Wildman–Crippen LogP) is 4.32. The van der Waals surface area contributed by atoms with Crippen molar-refractivity contribution in [1.82, 2.24) is 10.6 Å². The standard InChI is InChI=1S/C22H28F2N2O/c1-15(2)19-6-4-5-17(9-19)14-25-8-7-22(26-16(3)27)12-18-10-20(23)13-21(24)11-18/h4-6,9-11,13,15,22,25H,7-8,12,14H2,1-3H3,(H,26,27)/t22-/m1/s1. The Morgan fingerprint density at radius 2 is 1.74 bits per heavy atom. The molecule has 5 heteroatoms. The van der Waals surface area contributed by atoms with Gasteiger partial charge in [0, 0.05) is 25.6 Å². The van der Waals surface area contributed by atoms with Gasteiger partial charge in [0.15, 0.2) is 0 Å². The fourth-order valence-corrected chi connectivity index (χ4v) is 3.10. The topological polar surface area (TPSA) is 41.1 Å². The maximum atomic E-state index is 13.4. The molecule has 2 rings (SSSR count). The van der Waals surface area contributed by atoms with E-state index in [0.29, 0.717) is 30.9 Å². The molecule has 0 aliphatic rings. The van der Waals surface area contributed by atoms with Crippen LogP contribution in [0.25, 0.3) is 0 Å². The minimum atomic E-state index is -0.602. The molecule has 1 amide bonds. The van der Waals surface area contributed by atoms with E-state index in [4.69, 9.17) is 0 Å². The number of hydrogen-bond acceptors (Lipinski definition) is 2. The minimum Gasteiger partial charge on any atom is -0.353 e. The zero-order valence-corrected chi connectivity index (χ0v) is 16.2.